The fourth-order valence-electron chi connectivity index (χ4n) is 0.923. The topological polar surface area (TPSA) is 84.3 Å². The highest BCUT2D eigenvalue weighted by atomic mass is 32.2. The fraction of sp³-hybridized carbons (Fsp3) is 0.500. The first-order chi connectivity index (χ1) is 6.84. The van der Waals surface area contributed by atoms with Gasteiger partial charge in [-0.1, -0.05) is 0 Å². The number of aromatic carboxylic acids is 1. The molecule has 0 atom stereocenters. The average Bonchev–Trinajstić information content (AvgIpc) is 2.51. The van der Waals surface area contributed by atoms with Crippen LogP contribution < -0.4 is 0 Å². The molecule has 0 aliphatic heterocycles. The van der Waals surface area contributed by atoms with E-state index in [4.69, 9.17) is 5.11 Å². The van der Waals surface area contributed by atoms with E-state index in [1.807, 2.05) is 0 Å². The minimum absolute atomic E-state index is 0.000718. The summed E-state index contributed by atoms with van der Waals surface area (Å²) in [4.78, 5) is 10.7. The van der Waals surface area contributed by atoms with Gasteiger partial charge in [-0.2, -0.15) is 4.37 Å². The van der Waals surface area contributed by atoms with Crippen LogP contribution in [0.2, 0.25) is 0 Å². The van der Waals surface area contributed by atoms with Gasteiger partial charge in [-0.15, -0.1) is 0 Å². The van der Waals surface area contributed by atoms with Crippen LogP contribution in [0.1, 0.15) is 29.1 Å². The molecule has 84 valence electrons. The maximum absolute atomic E-state index is 11.6. The largest absolute Gasteiger partial charge is 0.477 e. The Balaban J connectivity index is 3.01. The maximum atomic E-state index is 11.6. The minimum atomic E-state index is -3.27. The molecule has 15 heavy (non-hydrogen) atoms. The van der Waals surface area contributed by atoms with Crippen molar-refractivity contribution in [1.82, 2.24) is 4.37 Å². The molecule has 7 heteroatoms. The van der Waals surface area contributed by atoms with E-state index in [-0.39, 0.29) is 16.2 Å². The molecule has 1 heterocycles. The zero-order valence-corrected chi connectivity index (χ0v) is 9.93. The molecule has 0 saturated heterocycles. The van der Waals surface area contributed by atoms with Crippen LogP contribution in [0.5, 0.6) is 0 Å². The molecular weight excluding hydrogens is 238 g/mol. The van der Waals surface area contributed by atoms with Gasteiger partial charge in [0, 0.05) is 11.8 Å². The highest BCUT2D eigenvalue weighted by Crippen LogP contribution is 2.18. The quantitative estimate of drug-likeness (QED) is 0.865. The highest BCUT2D eigenvalue weighted by molar-refractivity contribution is 7.91. The van der Waals surface area contributed by atoms with Crippen molar-refractivity contribution in [3.63, 3.8) is 0 Å². The van der Waals surface area contributed by atoms with Crippen molar-refractivity contribution in [2.24, 2.45) is 0 Å². The maximum Gasteiger partial charge on any atom is 0.347 e. The summed E-state index contributed by atoms with van der Waals surface area (Å²) in [7, 11) is -3.27. The molecule has 0 aliphatic rings. The molecule has 0 radical (unpaired) electrons. The first-order valence-corrected chi connectivity index (χ1v) is 6.72. The number of aromatic nitrogens is 1. The van der Waals surface area contributed by atoms with Crippen molar-refractivity contribution in [3.05, 3.63) is 16.6 Å². The Morgan fingerprint density at radius 2 is 2.20 bits per heavy atom. The number of hydrogen-bond acceptors (Lipinski definition) is 5. The van der Waals surface area contributed by atoms with E-state index >= 15 is 0 Å². The SMILES string of the molecule is CC(C)S(=O)(=O)Cc1cnsc1C(=O)O. The van der Waals surface area contributed by atoms with Gasteiger partial charge in [0.05, 0.1) is 11.0 Å². The summed E-state index contributed by atoms with van der Waals surface area (Å²) in [6.45, 7) is 3.13. The Bertz CT molecular complexity index is 461. The standard InChI is InChI=1S/C8H11NO4S2/c1-5(2)15(12,13)4-6-3-9-14-7(6)8(10)11/h3,5H,4H2,1-2H3,(H,10,11). The smallest absolute Gasteiger partial charge is 0.347 e. The molecule has 0 bridgehead atoms. The van der Waals surface area contributed by atoms with Crippen molar-refractivity contribution in [2.45, 2.75) is 24.9 Å². The van der Waals surface area contributed by atoms with Crippen LogP contribution in [0.25, 0.3) is 0 Å². The van der Waals surface area contributed by atoms with Gasteiger partial charge in [-0.3, -0.25) is 0 Å². The Hall–Kier alpha value is -0.950. The van der Waals surface area contributed by atoms with E-state index < -0.39 is 21.1 Å². The number of carbonyl (C=O) groups is 1. The Morgan fingerprint density at radius 1 is 1.60 bits per heavy atom. The zero-order valence-electron chi connectivity index (χ0n) is 8.30. The normalized spacial score (nSPS) is 11.9. The molecular formula is C8H11NO4S2. The van der Waals surface area contributed by atoms with Gasteiger partial charge in [0.15, 0.2) is 9.84 Å². The summed E-state index contributed by atoms with van der Waals surface area (Å²) in [5, 5.41) is 8.25. The van der Waals surface area contributed by atoms with Crippen LogP contribution in [0.4, 0.5) is 0 Å². The van der Waals surface area contributed by atoms with Crippen LogP contribution in [-0.4, -0.2) is 29.1 Å². The molecule has 0 aromatic carbocycles. The molecule has 0 unspecified atom stereocenters. The van der Waals surface area contributed by atoms with Crippen molar-refractivity contribution in [2.75, 3.05) is 0 Å². The molecule has 1 N–H and O–H groups in total. The summed E-state index contributed by atoms with van der Waals surface area (Å²) in [5.41, 5.74) is 0.265. The van der Waals surface area contributed by atoms with Gasteiger partial charge in [-0.25, -0.2) is 13.2 Å². The summed E-state index contributed by atoms with van der Waals surface area (Å²) < 4.78 is 26.8. The first-order valence-electron chi connectivity index (χ1n) is 4.23. The van der Waals surface area contributed by atoms with Gasteiger partial charge < -0.3 is 5.11 Å². The number of carboxylic acid groups (broad SMARTS) is 1. The van der Waals surface area contributed by atoms with Crippen LogP contribution in [0.15, 0.2) is 6.20 Å². The van der Waals surface area contributed by atoms with Crippen molar-refractivity contribution < 1.29 is 18.3 Å². The molecule has 0 spiro atoms. The number of rotatable bonds is 4. The lowest BCUT2D eigenvalue weighted by Crippen LogP contribution is -2.16. The number of nitrogens with zero attached hydrogens (tertiary/aromatic N) is 1. The monoisotopic (exact) mass is 249 g/mol. The molecule has 1 aromatic rings. The lowest BCUT2D eigenvalue weighted by Gasteiger charge is -2.06. The van der Waals surface area contributed by atoms with Gasteiger partial charge >= 0.3 is 5.97 Å². The lowest BCUT2D eigenvalue weighted by atomic mass is 10.3. The van der Waals surface area contributed by atoms with Crippen molar-refractivity contribution in [3.8, 4) is 0 Å². The zero-order chi connectivity index (χ0) is 11.6. The summed E-state index contributed by atoms with van der Waals surface area (Å²) in [6.07, 6.45) is 1.30. The number of carboxylic acids is 1. The Kier molecular flexibility index (Phi) is 3.46. The van der Waals surface area contributed by atoms with E-state index in [0.717, 1.165) is 11.5 Å². The van der Waals surface area contributed by atoms with Gasteiger partial charge in [0.2, 0.25) is 0 Å². The van der Waals surface area contributed by atoms with E-state index in [1.54, 1.807) is 13.8 Å². The van der Waals surface area contributed by atoms with Crippen LogP contribution in [0.3, 0.4) is 0 Å². The lowest BCUT2D eigenvalue weighted by molar-refractivity contribution is 0.0701. The minimum Gasteiger partial charge on any atom is -0.477 e. The van der Waals surface area contributed by atoms with E-state index in [2.05, 4.69) is 4.37 Å². The summed E-state index contributed by atoms with van der Waals surface area (Å²) >= 11 is 0.796. The predicted molar refractivity (Wildman–Crippen MR) is 56.8 cm³/mol. The Labute approximate surface area is 91.8 Å². The summed E-state index contributed by atoms with van der Waals surface area (Å²) in [6, 6.07) is 0. The number of hydrogen-bond donors (Lipinski definition) is 1. The molecule has 5 nitrogen and oxygen atoms in total. The molecule has 0 saturated carbocycles. The second kappa shape index (κ2) is 4.28. The molecule has 1 aromatic heterocycles. The fourth-order valence-corrected chi connectivity index (χ4v) is 2.61. The Morgan fingerprint density at radius 3 is 2.67 bits per heavy atom. The van der Waals surface area contributed by atoms with Gasteiger partial charge in [0.1, 0.15) is 4.88 Å². The van der Waals surface area contributed by atoms with Crippen LogP contribution in [-0.2, 0) is 15.6 Å². The van der Waals surface area contributed by atoms with Gasteiger partial charge in [-0.05, 0) is 25.4 Å². The summed E-state index contributed by atoms with van der Waals surface area (Å²) in [5.74, 6) is -1.39. The van der Waals surface area contributed by atoms with E-state index in [9.17, 15) is 13.2 Å². The third-order valence-corrected chi connectivity index (χ3v) is 4.89. The predicted octanol–water partition coefficient (Wildman–Crippen LogP) is 1.16. The second-order valence-corrected chi connectivity index (χ2v) is 6.70. The van der Waals surface area contributed by atoms with E-state index in [0.29, 0.717) is 0 Å². The van der Waals surface area contributed by atoms with Crippen LogP contribution in [0, 0.1) is 0 Å². The second-order valence-electron chi connectivity index (χ2n) is 3.34. The first kappa shape index (κ1) is 12.1. The third kappa shape index (κ3) is 2.75. The van der Waals surface area contributed by atoms with Crippen molar-refractivity contribution >= 4 is 27.3 Å². The average molecular weight is 249 g/mol. The molecule has 0 fully saturated rings. The molecule has 0 amide bonds. The van der Waals surface area contributed by atoms with Crippen LogP contribution >= 0.6 is 11.5 Å². The van der Waals surface area contributed by atoms with E-state index in [1.165, 1.54) is 6.20 Å². The van der Waals surface area contributed by atoms with Gasteiger partial charge in [0.25, 0.3) is 0 Å². The molecule has 0 aliphatic carbocycles. The molecule has 1 rings (SSSR count). The third-order valence-electron chi connectivity index (χ3n) is 1.91. The number of sulfone groups is 1. The highest BCUT2D eigenvalue weighted by Gasteiger charge is 2.22. The van der Waals surface area contributed by atoms with Crippen molar-refractivity contribution in [1.29, 1.82) is 0 Å².